The van der Waals surface area contributed by atoms with E-state index in [2.05, 4.69) is 5.32 Å². The highest BCUT2D eigenvalue weighted by Crippen LogP contribution is 2.20. The number of phenols is 1. The molecular formula is C9H10INO5S. The third-order valence-electron chi connectivity index (χ3n) is 1.85. The van der Waals surface area contributed by atoms with Gasteiger partial charge in [-0.05, 0) is 40.8 Å². The molecule has 8 heteroatoms. The highest BCUT2D eigenvalue weighted by Gasteiger charge is 2.09. The van der Waals surface area contributed by atoms with E-state index >= 15 is 0 Å². The molecule has 1 amide bonds. The van der Waals surface area contributed by atoms with Crippen LogP contribution in [0.15, 0.2) is 18.2 Å². The number of phenolic OH excluding ortho intramolecular Hbond substituents is 1. The number of carbonyl (C=O) groups is 1. The topological polar surface area (TPSA) is 104 Å². The molecule has 0 aliphatic carbocycles. The van der Waals surface area contributed by atoms with Gasteiger partial charge in [0.1, 0.15) is 5.75 Å². The number of amides is 1. The molecule has 1 aromatic carbocycles. The lowest BCUT2D eigenvalue weighted by Crippen LogP contribution is -2.28. The van der Waals surface area contributed by atoms with Crippen molar-refractivity contribution in [3.8, 4) is 5.75 Å². The summed E-state index contributed by atoms with van der Waals surface area (Å²) < 4.78 is 29.9. The van der Waals surface area contributed by atoms with Crippen molar-refractivity contribution in [2.75, 3.05) is 12.3 Å². The minimum Gasteiger partial charge on any atom is -0.507 e. The zero-order valence-corrected chi connectivity index (χ0v) is 11.5. The lowest BCUT2D eigenvalue weighted by Gasteiger charge is -2.05. The van der Waals surface area contributed by atoms with Crippen LogP contribution in [0.4, 0.5) is 0 Å². The predicted molar refractivity (Wildman–Crippen MR) is 69.6 cm³/mol. The Morgan fingerprint density at radius 3 is 2.59 bits per heavy atom. The first-order chi connectivity index (χ1) is 7.79. The Balaban J connectivity index is 2.61. The molecule has 0 fully saturated rings. The van der Waals surface area contributed by atoms with Gasteiger partial charge in [0.05, 0.1) is 9.32 Å². The molecule has 0 aliphatic rings. The zero-order chi connectivity index (χ0) is 13.1. The number of nitrogens with one attached hydrogen (secondary N) is 1. The molecule has 0 radical (unpaired) electrons. The molecule has 6 nitrogen and oxygen atoms in total. The lowest BCUT2D eigenvalue weighted by atomic mass is 10.2. The van der Waals surface area contributed by atoms with E-state index in [-0.39, 0.29) is 17.9 Å². The monoisotopic (exact) mass is 371 g/mol. The first-order valence-corrected chi connectivity index (χ1v) is 7.20. The third-order valence-corrected chi connectivity index (χ3v) is 3.49. The first kappa shape index (κ1) is 14.2. The van der Waals surface area contributed by atoms with Crippen LogP contribution in [-0.4, -0.2) is 36.3 Å². The summed E-state index contributed by atoms with van der Waals surface area (Å²) in [6.07, 6.45) is 0. The summed E-state index contributed by atoms with van der Waals surface area (Å²) in [6.45, 7) is -0.190. The normalized spacial score (nSPS) is 11.2. The van der Waals surface area contributed by atoms with Gasteiger partial charge in [0.2, 0.25) is 0 Å². The number of benzene rings is 1. The van der Waals surface area contributed by atoms with Gasteiger partial charge in [0.25, 0.3) is 16.0 Å². The molecule has 17 heavy (non-hydrogen) atoms. The van der Waals surface area contributed by atoms with E-state index in [1.54, 1.807) is 6.07 Å². The Hall–Kier alpha value is -0.870. The van der Waals surface area contributed by atoms with Gasteiger partial charge in [0, 0.05) is 12.1 Å². The van der Waals surface area contributed by atoms with Gasteiger partial charge in [-0.25, -0.2) is 0 Å². The summed E-state index contributed by atoms with van der Waals surface area (Å²) in [6, 6.07) is 4.35. The van der Waals surface area contributed by atoms with E-state index in [0.717, 1.165) is 0 Å². The molecule has 0 spiro atoms. The molecule has 3 N–H and O–H groups in total. The van der Waals surface area contributed by atoms with Crippen LogP contribution < -0.4 is 5.32 Å². The average molecular weight is 371 g/mol. The molecule has 0 aliphatic heterocycles. The fourth-order valence-corrected chi connectivity index (χ4v) is 1.75. The Morgan fingerprint density at radius 2 is 2.06 bits per heavy atom. The van der Waals surface area contributed by atoms with Gasteiger partial charge in [-0.15, -0.1) is 0 Å². The Kier molecular flexibility index (Phi) is 4.71. The van der Waals surface area contributed by atoms with Crippen LogP contribution in [-0.2, 0) is 10.1 Å². The van der Waals surface area contributed by atoms with E-state index in [1.165, 1.54) is 12.1 Å². The van der Waals surface area contributed by atoms with Crippen molar-refractivity contribution < 1.29 is 22.9 Å². The van der Waals surface area contributed by atoms with E-state index < -0.39 is 21.8 Å². The predicted octanol–water partition coefficient (Wildman–Crippen LogP) is 0.614. The van der Waals surface area contributed by atoms with E-state index in [4.69, 9.17) is 4.55 Å². The SMILES string of the molecule is O=C(NCCS(=O)(=O)O)c1ccc(I)c(O)c1. The molecule has 0 saturated carbocycles. The molecule has 0 saturated heterocycles. The summed E-state index contributed by atoms with van der Waals surface area (Å²) in [5.41, 5.74) is 0.221. The molecule has 0 bridgehead atoms. The number of halogens is 1. The quantitative estimate of drug-likeness (QED) is 0.532. The van der Waals surface area contributed by atoms with Crippen molar-refractivity contribution in [2.24, 2.45) is 0 Å². The lowest BCUT2D eigenvalue weighted by molar-refractivity contribution is 0.0955. The Bertz CT molecular complexity index is 528. The Labute approximate surface area is 112 Å². The largest absolute Gasteiger partial charge is 0.507 e. The molecule has 0 atom stereocenters. The van der Waals surface area contributed by atoms with Crippen LogP contribution in [0.25, 0.3) is 0 Å². The maximum atomic E-state index is 11.5. The summed E-state index contributed by atoms with van der Waals surface area (Å²) in [5, 5.41) is 11.7. The van der Waals surface area contributed by atoms with Crippen LogP contribution in [0.1, 0.15) is 10.4 Å². The summed E-state index contributed by atoms with van der Waals surface area (Å²) in [4.78, 5) is 11.5. The second-order valence-corrected chi connectivity index (χ2v) is 5.94. The number of aromatic hydroxyl groups is 1. The molecule has 0 aromatic heterocycles. The van der Waals surface area contributed by atoms with Crippen molar-refractivity contribution >= 4 is 38.6 Å². The van der Waals surface area contributed by atoms with Crippen molar-refractivity contribution in [1.82, 2.24) is 5.32 Å². The van der Waals surface area contributed by atoms with E-state index in [0.29, 0.717) is 3.57 Å². The third kappa shape index (κ3) is 4.88. The summed E-state index contributed by atoms with van der Waals surface area (Å²) in [7, 11) is -4.08. The van der Waals surface area contributed by atoms with Crippen molar-refractivity contribution in [3.05, 3.63) is 27.3 Å². The van der Waals surface area contributed by atoms with Crippen LogP contribution in [0.2, 0.25) is 0 Å². The van der Waals surface area contributed by atoms with Crippen LogP contribution in [0, 0.1) is 3.57 Å². The zero-order valence-electron chi connectivity index (χ0n) is 8.55. The maximum Gasteiger partial charge on any atom is 0.266 e. The summed E-state index contributed by atoms with van der Waals surface area (Å²) >= 11 is 1.91. The van der Waals surface area contributed by atoms with Gasteiger partial charge in [-0.2, -0.15) is 8.42 Å². The number of carbonyl (C=O) groups excluding carboxylic acids is 1. The number of hydrogen-bond donors (Lipinski definition) is 3. The summed E-state index contributed by atoms with van der Waals surface area (Å²) in [5.74, 6) is -1.08. The van der Waals surface area contributed by atoms with Gasteiger partial charge in [-0.3, -0.25) is 9.35 Å². The standard InChI is InChI=1S/C9H10INO5S/c10-7-2-1-6(5-8(7)12)9(13)11-3-4-17(14,15)16/h1-2,5,12H,3-4H2,(H,11,13)(H,14,15,16). The smallest absolute Gasteiger partial charge is 0.266 e. The molecule has 1 aromatic rings. The molecule has 0 heterocycles. The van der Waals surface area contributed by atoms with Gasteiger partial charge >= 0.3 is 0 Å². The van der Waals surface area contributed by atoms with E-state index in [1.807, 2.05) is 22.6 Å². The van der Waals surface area contributed by atoms with Crippen LogP contribution in [0.5, 0.6) is 5.75 Å². The van der Waals surface area contributed by atoms with Crippen molar-refractivity contribution in [2.45, 2.75) is 0 Å². The average Bonchev–Trinajstić information content (AvgIpc) is 2.20. The van der Waals surface area contributed by atoms with Gasteiger partial charge in [0.15, 0.2) is 0 Å². The second kappa shape index (κ2) is 5.65. The fraction of sp³-hybridized carbons (Fsp3) is 0.222. The Morgan fingerprint density at radius 1 is 1.41 bits per heavy atom. The van der Waals surface area contributed by atoms with E-state index in [9.17, 15) is 18.3 Å². The van der Waals surface area contributed by atoms with Crippen LogP contribution in [0.3, 0.4) is 0 Å². The molecule has 0 unspecified atom stereocenters. The highest BCUT2D eigenvalue weighted by molar-refractivity contribution is 14.1. The first-order valence-electron chi connectivity index (χ1n) is 4.51. The maximum absolute atomic E-state index is 11.5. The highest BCUT2D eigenvalue weighted by atomic mass is 127. The van der Waals surface area contributed by atoms with Crippen LogP contribution >= 0.6 is 22.6 Å². The molecule has 1 rings (SSSR count). The second-order valence-electron chi connectivity index (χ2n) is 3.21. The van der Waals surface area contributed by atoms with Crippen molar-refractivity contribution in [1.29, 1.82) is 0 Å². The minimum absolute atomic E-state index is 0.0203. The fourth-order valence-electron chi connectivity index (χ4n) is 1.05. The number of hydrogen-bond acceptors (Lipinski definition) is 4. The van der Waals surface area contributed by atoms with Gasteiger partial charge in [-0.1, -0.05) is 0 Å². The van der Waals surface area contributed by atoms with Crippen molar-refractivity contribution in [3.63, 3.8) is 0 Å². The molecular weight excluding hydrogens is 361 g/mol. The number of rotatable bonds is 4. The minimum atomic E-state index is -4.08. The van der Waals surface area contributed by atoms with Gasteiger partial charge < -0.3 is 10.4 Å². The molecule has 94 valence electrons.